The Labute approximate surface area is 102 Å². The average molecular weight is 339 g/mol. The molecule has 13 heavy (non-hydrogen) atoms. The standard InChI is InChI=1S/C8H13Cl2IO2/c9-6-2-1-5(7(10)3-6)4-13-8(11)12/h5-8,12H,1-4H2. The van der Waals surface area contributed by atoms with Crippen molar-refractivity contribution in [1.29, 1.82) is 0 Å². The number of halogens is 3. The van der Waals surface area contributed by atoms with Crippen LogP contribution in [0.5, 0.6) is 0 Å². The second kappa shape index (κ2) is 5.95. The monoisotopic (exact) mass is 338 g/mol. The Hall–Kier alpha value is 1.23. The maximum atomic E-state index is 8.92. The van der Waals surface area contributed by atoms with E-state index in [4.69, 9.17) is 33.0 Å². The van der Waals surface area contributed by atoms with Crippen molar-refractivity contribution in [3.63, 3.8) is 0 Å². The van der Waals surface area contributed by atoms with Crippen molar-refractivity contribution >= 4 is 45.8 Å². The normalized spacial score (nSPS) is 37.4. The van der Waals surface area contributed by atoms with E-state index in [1.54, 1.807) is 0 Å². The third-order valence-electron chi connectivity index (χ3n) is 2.29. The first-order chi connectivity index (χ1) is 6.09. The molecule has 78 valence electrons. The Bertz CT molecular complexity index is 157. The molecule has 4 atom stereocenters. The third-order valence-corrected chi connectivity index (χ3v) is 3.58. The highest BCUT2D eigenvalue weighted by molar-refractivity contribution is 14.1. The summed E-state index contributed by atoms with van der Waals surface area (Å²) in [7, 11) is 0. The second-order valence-electron chi connectivity index (χ2n) is 3.31. The maximum absolute atomic E-state index is 8.92. The van der Waals surface area contributed by atoms with Crippen molar-refractivity contribution in [3.05, 3.63) is 0 Å². The Balaban J connectivity index is 2.25. The number of aliphatic hydroxyl groups is 1. The molecule has 5 heteroatoms. The lowest BCUT2D eigenvalue weighted by molar-refractivity contribution is -0.0374. The summed E-state index contributed by atoms with van der Waals surface area (Å²) in [6.45, 7) is 0.530. The summed E-state index contributed by atoms with van der Waals surface area (Å²) >= 11 is 13.9. The van der Waals surface area contributed by atoms with Crippen molar-refractivity contribution in [2.24, 2.45) is 5.92 Å². The highest BCUT2D eigenvalue weighted by Gasteiger charge is 2.28. The molecule has 0 aliphatic heterocycles. The first-order valence-corrected chi connectivity index (χ1v) is 6.43. The molecule has 1 rings (SSSR count). The van der Waals surface area contributed by atoms with Gasteiger partial charge in [-0.25, -0.2) is 0 Å². The van der Waals surface area contributed by atoms with E-state index in [2.05, 4.69) is 0 Å². The van der Waals surface area contributed by atoms with Crippen LogP contribution < -0.4 is 0 Å². The summed E-state index contributed by atoms with van der Waals surface area (Å²) in [5.74, 6) is 0.334. The van der Waals surface area contributed by atoms with E-state index >= 15 is 0 Å². The van der Waals surface area contributed by atoms with Crippen molar-refractivity contribution in [3.8, 4) is 0 Å². The molecule has 1 aliphatic carbocycles. The molecule has 0 aromatic carbocycles. The maximum Gasteiger partial charge on any atom is 0.207 e. The molecule has 0 aromatic heterocycles. The molecular formula is C8H13Cl2IO2. The van der Waals surface area contributed by atoms with Crippen LogP contribution in [0.4, 0.5) is 0 Å². The molecule has 0 saturated heterocycles. The number of hydrogen-bond donors (Lipinski definition) is 1. The van der Waals surface area contributed by atoms with E-state index in [0.717, 1.165) is 19.3 Å². The van der Waals surface area contributed by atoms with E-state index in [1.165, 1.54) is 0 Å². The molecule has 0 bridgehead atoms. The van der Waals surface area contributed by atoms with Crippen LogP contribution >= 0.6 is 45.8 Å². The van der Waals surface area contributed by atoms with Crippen LogP contribution in [0.25, 0.3) is 0 Å². The zero-order valence-corrected chi connectivity index (χ0v) is 10.8. The van der Waals surface area contributed by atoms with Crippen molar-refractivity contribution in [2.75, 3.05) is 6.61 Å². The molecule has 0 aromatic rings. The van der Waals surface area contributed by atoms with Crippen LogP contribution in [-0.2, 0) is 4.74 Å². The third kappa shape index (κ3) is 4.51. The summed E-state index contributed by atoms with van der Waals surface area (Å²) < 4.78 is 4.37. The second-order valence-corrected chi connectivity index (χ2v) is 5.56. The fourth-order valence-electron chi connectivity index (χ4n) is 1.52. The highest BCUT2D eigenvalue weighted by atomic mass is 127. The number of aliphatic hydroxyl groups excluding tert-OH is 1. The van der Waals surface area contributed by atoms with E-state index in [0.29, 0.717) is 12.5 Å². The largest absolute Gasteiger partial charge is 0.360 e. The van der Waals surface area contributed by atoms with Gasteiger partial charge in [0, 0.05) is 10.8 Å². The number of rotatable bonds is 3. The number of ether oxygens (including phenoxy) is 1. The SMILES string of the molecule is OC(I)OCC1CCC(Cl)CC1Cl. The molecule has 4 unspecified atom stereocenters. The molecule has 1 aliphatic rings. The van der Waals surface area contributed by atoms with Gasteiger partial charge in [-0.15, -0.1) is 23.2 Å². The van der Waals surface area contributed by atoms with Gasteiger partial charge in [-0.2, -0.15) is 0 Å². The molecule has 1 fully saturated rings. The minimum atomic E-state index is -0.727. The topological polar surface area (TPSA) is 29.5 Å². The smallest absolute Gasteiger partial charge is 0.207 e. The Morgan fingerprint density at radius 1 is 1.46 bits per heavy atom. The fraction of sp³-hybridized carbons (Fsp3) is 1.00. The van der Waals surface area contributed by atoms with E-state index in [9.17, 15) is 0 Å². The lowest BCUT2D eigenvalue weighted by atomic mass is 9.89. The lowest BCUT2D eigenvalue weighted by Gasteiger charge is -2.29. The fourth-order valence-corrected chi connectivity index (χ4v) is 2.55. The van der Waals surface area contributed by atoms with Gasteiger partial charge in [0.2, 0.25) is 4.30 Å². The van der Waals surface area contributed by atoms with Gasteiger partial charge in [0.1, 0.15) is 0 Å². The molecule has 0 heterocycles. The van der Waals surface area contributed by atoms with Gasteiger partial charge in [-0.1, -0.05) is 0 Å². The zero-order valence-electron chi connectivity index (χ0n) is 7.13. The predicted octanol–water partition coefficient (Wildman–Crippen LogP) is 2.73. The summed E-state index contributed by atoms with van der Waals surface area (Å²) in [4.78, 5) is 0. The van der Waals surface area contributed by atoms with Gasteiger partial charge in [0.25, 0.3) is 0 Å². The van der Waals surface area contributed by atoms with E-state index in [-0.39, 0.29) is 10.8 Å². The number of alkyl halides is 3. The minimum Gasteiger partial charge on any atom is -0.360 e. The summed E-state index contributed by atoms with van der Waals surface area (Å²) in [5, 5.41) is 9.22. The molecule has 0 amide bonds. The van der Waals surface area contributed by atoms with Gasteiger partial charge in [-0.3, -0.25) is 0 Å². The Morgan fingerprint density at radius 3 is 2.69 bits per heavy atom. The van der Waals surface area contributed by atoms with Crippen molar-refractivity contribution in [1.82, 2.24) is 0 Å². The molecule has 1 saturated carbocycles. The van der Waals surface area contributed by atoms with Gasteiger partial charge in [-0.05, 0) is 47.8 Å². The van der Waals surface area contributed by atoms with Crippen LogP contribution in [0.1, 0.15) is 19.3 Å². The van der Waals surface area contributed by atoms with Gasteiger partial charge >= 0.3 is 0 Å². The van der Waals surface area contributed by atoms with Gasteiger partial charge < -0.3 is 9.84 Å². The highest BCUT2D eigenvalue weighted by Crippen LogP contribution is 2.32. The molecule has 0 radical (unpaired) electrons. The molecule has 0 spiro atoms. The Morgan fingerprint density at radius 2 is 2.15 bits per heavy atom. The zero-order chi connectivity index (χ0) is 9.84. The first-order valence-electron chi connectivity index (χ1n) is 4.31. The summed E-state index contributed by atoms with van der Waals surface area (Å²) in [5.41, 5.74) is 0. The van der Waals surface area contributed by atoms with E-state index < -0.39 is 4.30 Å². The van der Waals surface area contributed by atoms with E-state index in [1.807, 2.05) is 22.6 Å². The summed E-state index contributed by atoms with van der Waals surface area (Å²) in [6, 6.07) is 0. The van der Waals surface area contributed by atoms with Crippen LogP contribution in [0.2, 0.25) is 0 Å². The predicted molar refractivity (Wildman–Crippen MR) is 62.6 cm³/mol. The lowest BCUT2D eigenvalue weighted by Crippen LogP contribution is -2.30. The van der Waals surface area contributed by atoms with Gasteiger partial charge in [0.05, 0.1) is 6.61 Å². The average Bonchev–Trinajstić information content (AvgIpc) is 2.02. The molecule has 2 nitrogen and oxygen atoms in total. The number of hydrogen-bond acceptors (Lipinski definition) is 2. The van der Waals surface area contributed by atoms with Crippen LogP contribution in [0.15, 0.2) is 0 Å². The molecule has 1 N–H and O–H groups in total. The van der Waals surface area contributed by atoms with Crippen molar-refractivity contribution < 1.29 is 9.84 Å². The van der Waals surface area contributed by atoms with Crippen LogP contribution in [0.3, 0.4) is 0 Å². The van der Waals surface area contributed by atoms with Crippen LogP contribution in [0, 0.1) is 5.92 Å². The minimum absolute atomic E-state index is 0.0893. The first kappa shape index (κ1) is 12.3. The van der Waals surface area contributed by atoms with Crippen LogP contribution in [-0.4, -0.2) is 26.8 Å². The Kier molecular flexibility index (Phi) is 5.63. The van der Waals surface area contributed by atoms with Gasteiger partial charge in [0.15, 0.2) is 0 Å². The quantitative estimate of drug-likeness (QED) is 0.487. The van der Waals surface area contributed by atoms with Crippen molar-refractivity contribution in [2.45, 2.75) is 34.3 Å². The molecular weight excluding hydrogens is 326 g/mol. The summed E-state index contributed by atoms with van der Waals surface area (Å²) in [6.07, 6.45) is 2.83.